The summed E-state index contributed by atoms with van der Waals surface area (Å²) in [5.74, 6) is 0.961. The highest BCUT2D eigenvalue weighted by atomic mass is 16.4. The van der Waals surface area contributed by atoms with Crippen molar-refractivity contribution in [1.29, 1.82) is 0 Å². The van der Waals surface area contributed by atoms with Gasteiger partial charge in [-0.1, -0.05) is 32.9 Å². The Balaban J connectivity index is 4.94. The van der Waals surface area contributed by atoms with Crippen LogP contribution in [0.1, 0.15) is 54.4 Å². The highest BCUT2D eigenvalue weighted by Crippen LogP contribution is 2.21. The molecule has 0 bridgehead atoms. The average molecular weight is 285 g/mol. The second-order valence-corrected chi connectivity index (χ2v) is 6.77. The summed E-state index contributed by atoms with van der Waals surface area (Å²) in [6.07, 6.45) is 1.91. The number of nitrogens with two attached hydrogens (primary N) is 1. The van der Waals surface area contributed by atoms with Gasteiger partial charge >= 0.3 is 0 Å². The fraction of sp³-hybridized carbons (Fsp3) is 0.867. The van der Waals surface area contributed by atoms with Crippen LogP contribution < -0.4 is 5.73 Å². The van der Waals surface area contributed by atoms with Gasteiger partial charge in [-0.15, -0.1) is 0 Å². The van der Waals surface area contributed by atoms with E-state index in [1.165, 1.54) is 0 Å². The molecule has 0 radical (unpaired) electrons. The molecule has 0 saturated heterocycles. The monoisotopic (exact) mass is 285 g/mol. The van der Waals surface area contributed by atoms with Crippen LogP contribution in [0.2, 0.25) is 0 Å². The number of rotatable bonds is 8. The van der Waals surface area contributed by atoms with Gasteiger partial charge in [0.05, 0.1) is 0 Å². The Morgan fingerprint density at radius 3 is 1.85 bits per heavy atom. The van der Waals surface area contributed by atoms with E-state index in [2.05, 4.69) is 32.9 Å². The molecule has 0 saturated carbocycles. The molecule has 0 aromatic heterocycles. The van der Waals surface area contributed by atoms with E-state index in [-0.39, 0.29) is 11.7 Å². The average Bonchev–Trinajstić information content (AvgIpc) is 2.36. The third-order valence-corrected chi connectivity index (χ3v) is 3.52. The van der Waals surface area contributed by atoms with Crippen LogP contribution in [-0.4, -0.2) is 34.9 Å². The molecule has 0 aliphatic carbocycles. The molecule has 1 amide bonds. The molecule has 3 N–H and O–H groups in total. The van der Waals surface area contributed by atoms with Crippen molar-refractivity contribution in [1.82, 2.24) is 4.90 Å². The van der Waals surface area contributed by atoms with Gasteiger partial charge in [0.1, 0.15) is 5.41 Å². The molecule has 0 unspecified atom stereocenters. The molecule has 0 aromatic rings. The summed E-state index contributed by atoms with van der Waals surface area (Å²) in [5.41, 5.74) is 4.68. The molecule has 0 atom stereocenters. The van der Waals surface area contributed by atoms with Crippen LogP contribution in [0, 0.1) is 17.3 Å². The minimum Gasteiger partial charge on any atom is -0.409 e. The second-order valence-electron chi connectivity index (χ2n) is 6.77. The number of hydrogen-bond donors (Lipinski definition) is 2. The fourth-order valence-electron chi connectivity index (χ4n) is 1.77. The fourth-order valence-corrected chi connectivity index (χ4v) is 1.77. The summed E-state index contributed by atoms with van der Waals surface area (Å²) in [6.45, 7) is 13.4. The molecule has 0 aromatic carbocycles. The number of amides is 1. The minimum atomic E-state index is -0.970. The van der Waals surface area contributed by atoms with Crippen LogP contribution in [0.4, 0.5) is 0 Å². The Hall–Kier alpha value is -1.26. The first-order valence-electron chi connectivity index (χ1n) is 7.40. The molecule has 0 heterocycles. The van der Waals surface area contributed by atoms with E-state index in [0.29, 0.717) is 24.9 Å². The van der Waals surface area contributed by atoms with Gasteiger partial charge in [0.25, 0.3) is 0 Å². The molecule has 0 spiro atoms. The van der Waals surface area contributed by atoms with Crippen LogP contribution in [0.15, 0.2) is 5.16 Å². The molecule has 0 fully saturated rings. The van der Waals surface area contributed by atoms with E-state index in [4.69, 9.17) is 10.9 Å². The number of hydrogen-bond acceptors (Lipinski definition) is 3. The zero-order chi connectivity index (χ0) is 15.9. The number of carbonyl (C=O) groups excluding carboxylic acids is 1. The standard InChI is InChI=1S/C15H31N3O2/c1-11(2)7-9-18(10-8-12(3)4)14(19)15(5,6)13(16)17-20/h11-12,20H,7-10H2,1-6H3,(H2,16,17). The second kappa shape index (κ2) is 8.12. The van der Waals surface area contributed by atoms with Crippen molar-refractivity contribution >= 4 is 11.7 Å². The van der Waals surface area contributed by atoms with Crippen molar-refractivity contribution in [2.75, 3.05) is 13.1 Å². The maximum absolute atomic E-state index is 12.6. The van der Waals surface area contributed by atoms with Crippen molar-refractivity contribution in [3.63, 3.8) is 0 Å². The van der Waals surface area contributed by atoms with Gasteiger partial charge in [0.15, 0.2) is 5.84 Å². The van der Waals surface area contributed by atoms with Crippen LogP contribution >= 0.6 is 0 Å². The summed E-state index contributed by atoms with van der Waals surface area (Å²) in [6, 6.07) is 0. The number of nitrogens with zero attached hydrogens (tertiary/aromatic N) is 2. The van der Waals surface area contributed by atoms with Crippen molar-refractivity contribution in [3.8, 4) is 0 Å². The zero-order valence-corrected chi connectivity index (χ0v) is 13.8. The molecule has 0 aliphatic heterocycles. The Kier molecular flexibility index (Phi) is 7.61. The van der Waals surface area contributed by atoms with Gasteiger partial charge in [-0.3, -0.25) is 4.79 Å². The predicted molar refractivity (Wildman–Crippen MR) is 82.7 cm³/mol. The van der Waals surface area contributed by atoms with Crippen molar-refractivity contribution in [2.45, 2.75) is 54.4 Å². The summed E-state index contributed by atoms with van der Waals surface area (Å²) in [4.78, 5) is 14.5. The third-order valence-electron chi connectivity index (χ3n) is 3.52. The first-order valence-corrected chi connectivity index (χ1v) is 7.40. The molecule has 5 nitrogen and oxygen atoms in total. The lowest BCUT2D eigenvalue weighted by molar-refractivity contribution is -0.137. The van der Waals surface area contributed by atoms with E-state index in [0.717, 1.165) is 12.8 Å². The topological polar surface area (TPSA) is 78.9 Å². The van der Waals surface area contributed by atoms with E-state index in [9.17, 15) is 4.79 Å². The van der Waals surface area contributed by atoms with Crippen molar-refractivity contribution < 1.29 is 10.0 Å². The quantitative estimate of drug-likeness (QED) is 0.311. The number of amidine groups is 1. The molecular weight excluding hydrogens is 254 g/mol. The summed E-state index contributed by atoms with van der Waals surface area (Å²) >= 11 is 0. The normalized spacial score (nSPS) is 13.1. The summed E-state index contributed by atoms with van der Waals surface area (Å²) < 4.78 is 0. The molecular formula is C15H31N3O2. The van der Waals surface area contributed by atoms with Gasteiger partial charge < -0.3 is 15.8 Å². The first kappa shape index (κ1) is 18.7. The van der Waals surface area contributed by atoms with Gasteiger partial charge in [-0.05, 0) is 38.5 Å². The lowest BCUT2D eigenvalue weighted by Crippen LogP contribution is -2.48. The SMILES string of the molecule is CC(C)CCN(CCC(C)C)C(=O)C(C)(C)C(N)=NO. The molecule has 0 rings (SSSR count). The Morgan fingerprint density at radius 2 is 1.55 bits per heavy atom. The number of carbonyl (C=O) groups is 1. The molecule has 5 heteroatoms. The van der Waals surface area contributed by atoms with Gasteiger partial charge in [0, 0.05) is 13.1 Å². The highest BCUT2D eigenvalue weighted by molar-refractivity contribution is 6.05. The largest absolute Gasteiger partial charge is 0.409 e. The van der Waals surface area contributed by atoms with Gasteiger partial charge in [-0.2, -0.15) is 0 Å². The Morgan fingerprint density at radius 1 is 1.15 bits per heavy atom. The van der Waals surface area contributed by atoms with Crippen molar-refractivity contribution in [2.24, 2.45) is 28.1 Å². The predicted octanol–water partition coefficient (Wildman–Crippen LogP) is 2.68. The van der Waals surface area contributed by atoms with E-state index in [1.807, 2.05) is 4.90 Å². The molecule has 0 aliphatic rings. The first-order chi connectivity index (χ1) is 9.12. The van der Waals surface area contributed by atoms with E-state index >= 15 is 0 Å². The zero-order valence-electron chi connectivity index (χ0n) is 13.8. The lowest BCUT2D eigenvalue weighted by atomic mass is 9.89. The highest BCUT2D eigenvalue weighted by Gasteiger charge is 2.36. The molecule has 20 heavy (non-hydrogen) atoms. The smallest absolute Gasteiger partial charge is 0.235 e. The van der Waals surface area contributed by atoms with E-state index in [1.54, 1.807) is 13.8 Å². The third kappa shape index (κ3) is 5.80. The minimum absolute atomic E-state index is 0.0402. The van der Waals surface area contributed by atoms with Crippen LogP contribution in [0.25, 0.3) is 0 Å². The van der Waals surface area contributed by atoms with Gasteiger partial charge in [-0.25, -0.2) is 0 Å². The number of oxime groups is 1. The maximum atomic E-state index is 12.6. The summed E-state index contributed by atoms with van der Waals surface area (Å²) in [5, 5.41) is 11.8. The summed E-state index contributed by atoms with van der Waals surface area (Å²) in [7, 11) is 0. The van der Waals surface area contributed by atoms with Crippen molar-refractivity contribution in [3.05, 3.63) is 0 Å². The van der Waals surface area contributed by atoms with Crippen LogP contribution in [0.5, 0.6) is 0 Å². The Labute approximate surface area is 123 Å². The molecule has 118 valence electrons. The Bertz CT molecular complexity index is 324. The van der Waals surface area contributed by atoms with Crippen LogP contribution in [0.3, 0.4) is 0 Å². The van der Waals surface area contributed by atoms with Crippen LogP contribution in [-0.2, 0) is 4.79 Å². The maximum Gasteiger partial charge on any atom is 0.235 e. The van der Waals surface area contributed by atoms with Gasteiger partial charge in [0.2, 0.25) is 5.91 Å². The lowest BCUT2D eigenvalue weighted by Gasteiger charge is -2.32. The van der Waals surface area contributed by atoms with E-state index < -0.39 is 5.41 Å².